The van der Waals surface area contributed by atoms with Gasteiger partial charge in [-0.1, -0.05) is 11.6 Å². The molecule has 0 saturated carbocycles. The van der Waals surface area contributed by atoms with Gasteiger partial charge in [0.25, 0.3) is 0 Å². The predicted octanol–water partition coefficient (Wildman–Crippen LogP) is 2.13. The molecule has 0 amide bonds. The Hall–Kier alpha value is -0.380. The second-order valence-electron chi connectivity index (χ2n) is 4.37. The minimum absolute atomic E-state index is 0.324. The van der Waals surface area contributed by atoms with E-state index in [-0.39, 0.29) is 0 Å². The average Bonchev–Trinajstić information content (AvgIpc) is 2.31. The number of hydrogen-bond acceptors (Lipinski definition) is 3. The third-order valence-corrected chi connectivity index (χ3v) is 3.24. The summed E-state index contributed by atoms with van der Waals surface area (Å²) in [7, 11) is 1.76. The zero-order valence-corrected chi connectivity index (χ0v) is 9.96. The number of rotatable bonds is 6. The number of hydrazine groups is 1. The van der Waals surface area contributed by atoms with E-state index in [2.05, 4.69) is 18.4 Å². The highest BCUT2D eigenvalue weighted by molar-refractivity contribution is 5.12. The van der Waals surface area contributed by atoms with E-state index in [1.807, 2.05) is 0 Å². The van der Waals surface area contributed by atoms with Crippen molar-refractivity contribution in [3.05, 3.63) is 11.6 Å². The van der Waals surface area contributed by atoms with Crippen molar-refractivity contribution in [2.75, 3.05) is 7.11 Å². The van der Waals surface area contributed by atoms with Crippen molar-refractivity contribution in [2.45, 2.75) is 57.6 Å². The molecule has 0 aromatic rings. The SMILES string of the molecule is COC(C)CCC(NN)C1=CCCCC1. The third-order valence-electron chi connectivity index (χ3n) is 3.24. The normalized spacial score (nSPS) is 20.9. The summed E-state index contributed by atoms with van der Waals surface area (Å²) >= 11 is 0. The Kier molecular flexibility index (Phi) is 5.91. The van der Waals surface area contributed by atoms with E-state index < -0.39 is 0 Å². The van der Waals surface area contributed by atoms with Crippen LogP contribution in [0.5, 0.6) is 0 Å². The van der Waals surface area contributed by atoms with Crippen molar-refractivity contribution in [3.63, 3.8) is 0 Å². The van der Waals surface area contributed by atoms with Gasteiger partial charge in [-0.3, -0.25) is 11.3 Å². The van der Waals surface area contributed by atoms with Gasteiger partial charge in [0.15, 0.2) is 0 Å². The number of nitrogens with one attached hydrogen (secondary N) is 1. The quantitative estimate of drug-likeness (QED) is 0.403. The number of allylic oxidation sites excluding steroid dienone is 1. The van der Waals surface area contributed by atoms with Crippen molar-refractivity contribution in [3.8, 4) is 0 Å². The number of methoxy groups -OCH3 is 1. The van der Waals surface area contributed by atoms with Crippen molar-refractivity contribution in [1.29, 1.82) is 0 Å². The van der Waals surface area contributed by atoms with Gasteiger partial charge >= 0.3 is 0 Å². The van der Waals surface area contributed by atoms with Crippen LogP contribution in [-0.4, -0.2) is 19.3 Å². The standard InChI is InChI=1S/C12H24N2O/c1-10(15-2)8-9-12(14-13)11-6-4-3-5-7-11/h6,10,12,14H,3-5,7-9,13H2,1-2H3. The Labute approximate surface area is 93.0 Å². The smallest absolute Gasteiger partial charge is 0.0543 e. The first-order valence-corrected chi connectivity index (χ1v) is 5.95. The lowest BCUT2D eigenvalue weighted by molar-refractivity contribution is 0.107. The molecule has 0 radical (unpaired) electrons. The van der Waals surface area contributed by atoms with Crippen LogP contribution >= 0.6 is 0 Å². The summed E-state index contributed by atoms with van der Waals surface area (Å²) in [5.74, 6) is 5.60. The lowest BCUT2D eigenvalue weighted by Gasteiger charge is -2.23. The maximum atomic E-state index is 5.60. The molecule has 0 heterocycles. The second-order valence-corrected chi connectivity index (χ2v) is 4.37. The molecular weight excluding hydrogens is 188 g/mol. The van der Waals surface area contributed by atoms with Gasteiger partial charge in [-0.05, 0) is 45.4 Å². The van der Waals surface area contributed by atoms with Crippen molar-refractivity contribution < 1.29 is 4.74 Å². The second kappa shape index (κ2) is 6.99. The summed E-state index contributed by atoms with van der Waals surface area (Å²) in [5.41, 5.74) is 4.42. The lowest BCUT2D eigenvalue weighted by atomic mass is 9.91. The molecule has 0 aromatic carbocycles. The van der Waals surface area contributed by atoms with E-state index >= 15 is 0 Å². The molecule has 2 unspecified atom stereocenters. The average molecular weight is 212 g/mol. The first-order chi connectivity index (χ1) is 7.27. The fourth-order valence-corrected chi connectivity index (χ4v) is 2.07. The van der Waals surface area contributed by atoms with Crippen LogP contribution in [0.1, 0.15) is 45.4 Å². The summed E-state index contributed by atoms with van der Waals surface area (Å²) in [4.78, 5) is 0. The van der Waals surface area contributed by atoms with E-state index in [1.165, 1.54) is 31.3 Å². The largest absolute Gasteiger partial charge is 0.382 e. The minimum Gasteiger partial charge on any atom is -0.382 e. The van der Waals surface area contributed by atoms with Gasteiger partial charge in [-0.15, -0.1) is 0 Å². The first-order valence-electron chi connectivity index (χ1n) is 5.95. The van der Waals surface area contributed by atoms with Crippen LogP contribution in [0.25, 0.3) is 0 Å². The molecule has 0 saturated heterocycles. The molecule has 3 heteroatoms. The molecule has 15 heavy (non-hydrogen) atoms. The zero-order chi connectivity index (χ0) is 11.1. The van der Waals surface area contributed by atoms with E-state index in [1.54, 1.807) is 7.11 Å². The molecule has 1 rings (SSSR count). The molecule has 0 aromatic heterocycles. The zero-order valence-electron chi connectivity index (χ0n) is 9.96. The molecule has 3 N–H and O–H groups in total. The van der Waals surface area contributed by atoms with Crippen LogP contribution in [0, 0.1) is 0 Å². The Morgan fingerprint density at radius 2 is 2.27 bits per heavy atom. The summed E-state index contributed by atoms with van der Waals surface area (Å²) in [5, 5.41) is 0. The van der Waals surface area contributed by atoms with Crippen LogP contribution in [0.3, 0.4) is 0 Å². The van der Waals surface area contributed by atoms with Gasteiger partial charge in [0.1, 0.15) is 0 Å². The molecule has 0 fully saturated rings. The number of ether oxygens (including phenoxy) is 1. The van der Waals surface area contributed by atoms with E-state index in [9.17, 15) is 0 Å². The lowest BCUT2D eigenvalue weighted by Crippen LogP contribution is -2.37. The maximum absolute atomic E-state index is 5.60. The number of nitrogens with two attached hydrogens (primary N) is 1. The van der Waals surface area contributed by atoms with E-state index in [0.717, 1.165) is 12.8 Å². The van der Waals surface area contributed by atoms with Crippen LogP contribution < -0.4 is 11.3 Å². The van der Waals surface area contributed by atoms with E-state index in [0.29, 0.717) is 12.1 Å². The molecule has 88 valence electrons. The highest BCUT2D eigenvalue weighted by Gasteiger charge is 2.15. The van der Waals surface area contributed by atoms with E-state index in [4.69, 9.17) is 10.6 Å². The fraction of sp³-hybridized carbons (Fsp3) is 0.833. The first kappa shape index (κ1) is 12.7. The van der Waals surface area contributed by atoms with Gasteiger partial charge < -0.3 is 4.74 Å². The molecular formula is C12H24N2O. The Bertz CT molecular complexity index is 204. The molecule has 0 spiro atoms. The Morgan fingerprint density at radius 3 is 2.80 bits per heavy atom. The molecule has 1 aliphatic rings. The van der Waals surface area contributed by atoms with Gasteiger partial charge in [0.2, 0.25) is 0 Å². The summed E-state index contributed by atoms with van der Waals surface area (Å²) in [6.07, 6.45) is 9.86. The summed E-state index contributed by atoms with van der Waals surface area (Å²) in [6, 6.07) is 0.350. The highest BCUT2D eigenvalue weighted by Crippen LogP contribution is 2.22. The summed E-state index contributed by atoms with van der Waals surface area (Å²) < 4.78 is 5.24. The third kappa shape index (κ3) is 4.33. The van der Waals surface area contributed by atoms with Crippen LogP contribution in [0.2, 0.25) is 0 Å². The highest BCUT2D eigenvalue weighted by atomic mass is 16.5. The van der Waals surface area contributed by atoms with Crippen molar-refractivity contribution in [2.24, 2.45) is 5.84 Å². The monoisotopic (exact) mass is 212 g/mol. The number of hydrogen-bond donors (Lipinski definition) is 2. The molecule has 0 bridgehead atoms. The van der Waals surface area contributed by atoms with Crippen LogP contribution in [0.4, 0.5) is 0 Å². The minimum atomic E-state index is 0.324. The van der Waals surface area contributed by atoms with Gasteiger partial charge in [-0.25, -0.2) is 0 Å². The fourth-order valence-electron chi connectivity index (χ4n) is 2.07. The Morgan fingerprint density at radius 1 is 1.47 bits per heavy atom. The Balaban J connectivity index is 2.37. The molecule has 3 nitrogen and oxygen atoms in total. The van der Waals surface area contributed by atoms with Gasteiger partial charge in [0.05, 0.1) is 6.10 Å². The van der Waals surface area contributed by atoms with Crippen molar-refractivity contribution >= 4 is 0 Å². The molecule has 0 aliphatic heterocycles. The van der Waals surface area contributed by atoms with Crippen LogP contribution in [0.15, 0.2) is 11.6 Å². The summed E-state index contributed by atoms with van der Waals surface area (Å²) in [6.45, 7) is 2.10. The topological polar surface area (TPSA) is 47.3 Å². The predicted molar refractivity (Wildman–Crippen MR) is 63.4 cm³/mol. The van der Waals surface area contributed by atoms with Gasteiger partial charge in [-0.2, -0.15) is 0 Å². The molecule has 1 aliphatic carbocycles. The van der Waals surface area contributed by atoms with Crippen molar-refractivity contribution in [1.82, 2.24) is 5.43 Å². The van der Waals surface area contributed by atoms with Crippen LogP contribution in [-0.2, 0) is 4.74 Å². The molecule has 2 atom stereocenters. The van der Waals surface area contributed by atoms with Gasteiger partial charge in [0, 0.05) is 13.2 Å². The maximum Gasteiger partial charge on any atom is 0.0543 e.